The maximum Gasteiger partial charge on any atom is 0.253 e. The number of ether oxygens (including phenoxy) is 2. The van der Waals surface area contributed by atoms with Crippen LogP contribution in [0.4, 0.5) is 11.9 Å². The molecular weight excluding hydrogens is 448 g/mol. The molecule has 0 unspecified atom stereocenters. The van der Waals surface area contributed by atoms with Gasteiger partial charge >= 0.3 is 0 Å². The summed E-state index contributed by atoms with van der Waals surface area (Å²) in [5, 5.41) is 0. The number of carbonyl (C=O) groups is 1. The second-order valence-corrected chi connectivity index (χ2v) is 8.54. The number of piperazine rings is 1. The number of nitrogen functional groups attached to an aromatic ring is 1. The summed E-state index contributed by atoms with van der Waals surface area (Å²) in [6.07, 6.45) is 3.24. The quantitative estimate of drug-likeness (QED) is 0.580. The van der Waals surface area contributed by atoms with Crippen molar-refractivity contribution in [1.82, 2.24) is 29.7 Å². The Morgan fingerprint density at radius 2 is 1.66 bits per heavy atom. The van der Waals surface area contributed by atoms with Crippen molar-refractivity contribution in [2.24, 2.45) is 0 Å². The number of morpholine rings is 1. The molecule has 35 heavy (non-hydrogen) atoms. The fourth-order valence-corrected chi connectivity index (χ4v) is 3.97. The largest absolute Gasteiger partial charge is 0.439 e. The Balaban J connectivity index is 1.37. The maximum absolute atomic E-state index is 12.8. The van der Waals surface area contributed by atoms with Crippen LogP contribution in [0.1, 0.15) is 10.4 Å². The zero-order valence-electron chi connectivity index (χ0n) is 19.6. The van der Waals surface area contributed by atoms with E-state index in [1.165, 1.54) is 0 Å². The molecule has 2 aromatic heterocycles. The minimum absolute atomic E-state index is 0.0342. The Hall–Kier alpha value is -3.83. The van der Waals surface area contributed by atoms with Gasteiger partial charge in [0, 0.05) is 68.9 Å². The van der Waals surface area contributed by atoms with E-state index in [1.54, 1.807) is 42.7 Å². The van der Waals surface area contributed by atoms with Crippen LogP contribution in [0, 0.1) is 0 Å². The van der Waals surface area contributed by atoms with Crippen LogP contribution in [-0.2, 0) is 4.74 Å². The van der Waals surface area contributed by atoms with E-state index in [9.17, 15) is 4.79 Å². The standard InChI is InChI=1S/C24H28N8O3/c1-30-6-8-31(9-7-30)22(33)17-2-4-19(5-3-17)35-21-14-20(18-15-26-23(25)27-16-18)28-24(29-21)32-10-12-34-13-11-32/h2-5,14-16H,6-13H2,1H3,(H2,25,26,27). The summed E-state index contributed by atoms with van der Waals surface area (Å²) in [6.45, 7) is 5.82. The van der Waals surface area contributed by atoms with Gasteiger partial charge in [-0.1, -0.05) is 0 Å². The number of nitrogens with two attached hydrogens (primary N) is 1. The molecule has 0 spiro atoms. The van der Waals surface area contributed by atoms with Crippen molar-refractivity contribution < 1.29 is 14.3 Å². The molecule has 0 saturated carbocycles. The average molecular weight is 477 g/mol. The van der Waals surface area contributed by atoms with Crippen LogP contribution < -0.4 is 15.4 Å². The van der Waals surface area contributed by atoms with Gasteiger partial charge in [0.2, 0.25) is 17.8 Å². The third-order valence-electron chi connectivity index (χ3n) is 6.07. The Labute approximate surface area is 203 Å². The highest BCUT2D eigenvalue weighted by molar-refractivity contribution is 5.94. The number of hydrogen-bond donors (Lipinski definition) is 1. The van der Waals surface area contributed by atoms with Crippen molar-refractivity contribution in [3.63, 3.8) is 0 Å². The Bertz CT molecular complexity index is 1160. The van der Waals surface area contributed by atoms with E-state index in [0.717, 1.165) is 26.2 Å². The molecule has 5 rings (SSSR count). The molecule has 2 saturated heterocycles. The SMILES string of the molecule is CN1CCN(C(=O)c2ccc(Oc3cc(-c4cnc(N)nc4)nc(N4CCOCC4)n3)cc2)CC1. The molecule has 1 amide bonds. The minimum Gasteiger partial charge on any atom is -0.439 e. The summed E-state index contributed by atoms with van der Waals surface area (Å²) in [7, 11) is 2.07. The topological polar surface area (TPSA) is 123 Å². The van der Waals surface area contributed by atoms with Crippen LogP contribution in [0.3, 0.4) is 0 Å². The van der Waals surface area contributed by atoms with Gasteiger partial charge in [-0.15, -0.1) is 0 Å². The lowest BCUT2D eigenvalue weighted by molar-refractivity contribution is 0.0664. The Morgan fingerprint density at radius 1 is 0.971 bits per heavy atom. The van der Waals surface area contributed by atoms with Gasteiger partial charge < -0.3 is 29.9 Å². The summed E-state index contributed by atoms with van der Waals surface area (Å²) >= 11 is 0. The number of hydrogen-bond acceptors (Lipinski definition) is 10. The number of amides is 1. The maximum atomic E-state index is 12.8. The third-order valence-corrected chi connectivity index (χ3v) is 6.07. The number of rotatable bonds is 5. The molecule has 0 bridgehead atoms. The molecule has 0 radical (unpaired) electrons. The van der Waals surface area contributed by atoms with E-state index < -0.39 is 0 Å². The first-order valence-corrected chi connectivity index (χ1v) is 11.6. The van der Waals surface area contributed by atoms with Gasteiger partial charge in [-0.25, -0.2) is 15.0 Å². The normalized spacial score (nSPS) is 16.8. The van der Waals surface area contributed by atoms with E-state index in [-0.39, 0.29) is 11.9 Å². The second-order valence-electron chi connectivity index (χ2n) is 8.54. The summed E-state index contributed by atoms with van der Waals surface area (Å²) in [4.78, 5) is 36.5. The van der Waals surface area contributed by atoms with Crippen LogP contribution in [0.15, 0.2) is 42.7 Å². The monoisotopic (exact) mass is 476 g/mol. The van der Waals surface area contributed by atoms with Crippen molar-refractivity contribution in [3.05, 3.63) is 48.3 Å². The van der Waals surface area contributed by atoms with Gasteiger partial charge in [-0.05, 0) is 31.3 Å². The summed E-state index contributed by atoms with van der Waals surface area (Å²) in [5.74, 6) is 1.72. The molecule has 0 aliphatic carbocycles. The lowest BCUT2D eigenvalue weighted by atomic mass is 10.1. The molecule has 2 aliphatic heterocycles. The first-order valence-electron chi connectivity index (χ1n) is 11.6. The fraction of sp³-hybridized carbons (Fsp3) is 0.375. The van der Waals surface area contributed by atoms with Gasteiger partial charge in [0.1, 0.15) is 5.75 Å². The molecule has 3 aromatic rings. The van der Waals surface area contributed by atoms with Crippen LogP contribution >= 0.6 is 0 Å². The minimum atomic E-state index is 0.0342. The van der Waals surface area contributed by atoms with Crippen molar-refractivity contribution in [2.45, 2.75) is 0 Å². The molecule has 11 heteroatoms. The lowest BCUT2D eigenvalue weighted by Crippen LogP contribution is -2.47. The van der Waals surface area contributed by atoms with E-state index in [0.29, 0.717) is 60.7 Å². The summed E-state index contributed by atoms with van der Waals surface area (Å²) in [5.41, 5.74) is 7.60. The van der Waals surface area contributed by atoms with Crippen LogP contribution in [0.25, 0.3) is 11.3 Å². The number of anilines is 2. The number of aromatic nitrogens is 4. The van der Waals surface area contributed by atoms with Crippen molar-refractivity contribution in [2.75, 3.05) is 70.2 Å². The van der Waals surface area contributed by atoms with Crippen LogP contribution in [0.2, 0.25) is 0 Å². The molecule has 2 fully saturated rings. The number of nitrogens with zero attached hydrogens (tertiary/aromatic N) is 7. The molecule has 0 atom stereocenters. The molecule has 1 aromatic carbocycles. The van der Waals surface area contributed by atoms with Gasteiger partial charge in [0.15, 0.2) is 0 Å². The highest BCUT2D eigenvalue weighted by atomic mass is 16.5. The highest BCUT2D eigenvalue weighted by Crippen LogP contribution is 2.28. The van der Waals surface area contributed by atoms with Crippen molar-refractivity contribution in [3.8, 4) is 22.9 Å². The molecule has 2 aliphatic rings. The van der Waals surface area contributed by atoms with Crippen molar-refractivity contribution in [1.29, 1.82) is 0 Å². The van der Waals surface area contributed by atoms with Crippen molar-refractivity contribution >= 4 is 17.8 Å². The van der Waals surface area contributed by atoms with E-state index in [4.69, 9.17) is 20.2 Å². The zero-order chi connectivity index (χ0) is 24.2. The molecule has 2 N–H and O–H groups in total. The second kappa shape index (κ2) is 10.2. The van der Waals surface area contributed by atoms with Gasteiger partial charge in [0.25, 0.3) is 5.91 Å². The highest BCUT2D eigenvalue weighted by Gasteiger charge is 2.21. The van der Waals surface area contributed by atoms with Gasteiger partial charge in [-0.2, -0.15) is 4.98 Å². The first kappa shape index (κ1) is 22.9. The fourth-order valence-electron chi connectivity index (χ4n) is 3.97. The Morgan fingerprint density at radius 3 is 2.34 bits per heavy atom. The number of benzene rings is 1. The summed E-state index contributed by atoms with van der Waals surface area (Å²) < 4.78 is 11.5. The third kappa shape index (κ3) is 5.47. The van der Waals surface area contributed by atoms with E-state index in [2.05, 4.69) is 31.8 Å². The molecule has 182 valence electrons. The molecule has 4 heterocycles. The molecular formula is C24H28N8O3. The van der Waals surface area contributed by atoms with Gasteiger partial charge in [0.05, 0.1) is 18.9 Å². The van der Waals surface area contributed by atoms with E-state index >= 15 is 0 Å². The number of likely N-dealkylation sites (N-methyl/N-ethyl adjacent to an activating group) is 1. The lowest BCUT2D eigenvalue weighted by Gasteiger charge is -2.32. The van der Waals surface area contributed by atoms with E-state index in [1.807, 2.05) is 4.90 Å². The van der Waals surface area contributed by atoms with Crippen LogP contribution in [-0.4, -0.2) is 95.2 Å². The first-order chi connectivity index (χ1) is 17.0. The predicted octanol–water partition coefficient (Wildman–Crippen LogP) is 1.53. The van der Waals surface area contributed by atoms with Crippen LogP contribution in [0.5, 0.6) is 11.6 Å². The summed E-state index contributed by atoms with van der Waals surface area (Å²) in [6, 6.07) is 8.88. The average Bonchev–Trinajstić information content (AvgIpc) is 2.90. The zero-order valence-corrected chi connectivity index (χ0v) is 19.6. The van der Waals surface area contributed by atoms with Gasteiger partial charge in [-0.3, -0.25) is 4.79 Å². The number of carbonyl (C=O) groups excluding carboxylic acids is 1. The smallest absolute Gasteiger partial charge is 0.253 e. The Kier molecular flexibility index (Phi) is 6.68. The molecule has 11 nitrogen and oxygen atoms in total. The predicted molar refractivity (Wildman–Crippen MR) is 130 cm³/mol.